The number of carbonyl (C=O) groups is 3. The van der Waals surface area contributed by atoms with Gasteiger partial charge in [-0.1, -0.05) is 215 Å². The SMILES string of the molecule is CC/C=C\C/C=C\C/C=C\CCCCCCCC(=O)OC(COC(=O)CCCCCCC/C=C\C/C=C\CCCC)COC(=O)CCCCCCCCCCC/C=C\C/C=C\CCCCC. The van der Waals surface area contributed by atoms with Crippen molar-refractivity contribution in [3.63, 3.8) is 0 Å². The quantitative estimate of drug-likeness (QED) is 0.0262. The van der Waals surface area contributed by atoms with Crippen molar-refractivity contribution in [2.45, 2.75) is 264 Å². The lowest BCUT2D eigenvalue weighted by Crippen LogP contribution is -2.30. The molecule has 66 heavy (non-hydrogen) atoms. The zero-order chi connectivity index (χ0) is 47.9. The van der Waals surface area contributed by atoms with Crippen molar-refractivity contribution in [2.75, 3.05) is 13.2 Å². The number of ether oxygens (including phenoxy) is 3. The molecular formula is C60H102O6. The highest BCUT2D eigenvalue weighted by molar-refractivity contribution is 5.71. The second-order valence-electron chi connectivity index (χ2n) is 18.1. The highest BCUT2D eigenvalue weighted by atomic mass is 16.6. The fourth-order valence-electron chi connectivity index (χ4n) is 7.44. The molecule has 0 bridgehead atoms. The normalized spacial score (nSPS) is 12.7. The fourth-order valence-corrected chi connectivity index (χ4v) is 7.44. The van der Waals surface area contributed by atoms with E-state index in [4.69, 9.17) is 14.2 Å². The van der Waals surface area contributed by atoms with Crippen LogP contribution >= 0.6 is 0 Å². The summed E-state index contributed by atoms with van der Waals surface area (Å²) in [5, 5.41) is 0. The third kappa shape index (κ3) is 51.6. The Labute approximate surface area is 407 Å². The minimum atomic E-state index is -0.794. The standard InChI is InChI=1S/C60H102O6/c1-4-7-10-13-16-19-22-25-28-29-30-31-33-35-38-41-44-47-50-53-59(62)65-56-57(55-64-58(61)52-49-46-43-40-37-34-27-24-21-18-15-12-9-6-3)66-60(63)54-51-48-45-42-39-36-32-26-23-20-17-14-11-8-5-2/h8,11,15-20,24-28,32,57H,4-7,9-10,12-14,21-23,29-31,33-56H2,1-3H3/b11-8-,18-15-,19-16-,20-17-,27-24-,28-25-,32-26-. The van der Waals surface area contributed by atoms with Crippen LogP contribution in [0.3, 0.4) is 0 Å². The van der Waals surface area contributed by atoms with Gasteiger partial charge in [0.05, 0.1) is 0 Å². The summed E-state index contributed by atoms with van der Waals surface area (Å²) in [4.78, 5) is 38.1. The maximum absolute atomic E-state index is 12.8. The van der Waals surface area contributed by atoms with Crippen molar-refractivity contribution in [3.05, 3.63) is 85.1 Å². The highest BCUT2D eigenvalue weighted by Crippen LogP contribution is 2.14. The maximum Gasteiger partial charge on any atom is 0.306 e. The molecule has 0 aliphatic carbocycles. The first kappa shape index (κ1) is 62.6. The van der Waals surface area contributed by atoms with Gasteiger partial charge in [-0.25, -0.2) is 0 Å². The van der Waals surface area contributed by atoms with E-state index >= 15 is 0 Å². The number of allylic oxidation sites excluding steroid dienone is 14. The van der Waals surface area contributed by atoms with Crippen LogP contribution in [-0.2, 0) is 28.6 Å². The molecular weight excluding hydrogens is 817 g/mol. The Morgan fingerprint density at radius 1 is 0.318 bits per heavy atom. The highest BCUT2D eigenvalue weighted by Gasteiger charge is 2.19. The lowest BCUT2D eigenvalue weighted by Gasteiger charge is -2.18. The van der Waals surface area contributed by atoms with Gasteiger partial charge in [0.1, 0.15) is 13.2 Å². The molecule has 1 atom stereocenters. The molecule has 0 aromatic rings. The van der Waals surface area contributed by atoms with E-state index in [0.717, 1.165) is 128 Å². The van der Waals surface area contributed by atoms with E-state index in [1.807, 2.05) is 0 Å². The van der Waals surface area contributed by atoms with E-state index < -0.39 is 6.10 Å². The summed E-state index contributed by atoms with van der Waals surface area (Å²) in [6.07, 6.45) is 69.9. The van der Waals surface area contributed by atoms with Crippen LogP contribution < -0.4 is 0 Å². The zero-order valence-corrected chi connectivity index (χ0v) is 43.2. The van der Waals surface area contributed by atoms with Gasteiger partial charge in [-0.3, -0.25) is 14.4 Å². The fraction of sp³-hybridized carbons (Fsp3) is 0.717. The summed E-state index contributed by atoms with van der Waals surface area (Å²) in [6, 6.07) is 0. The largest absolute Gasteiger partial charge is 0.462 e. The Bertz CT molecular complexity index is 1290. The average molecular weight is 919 g/mol. The van der Waals surface area contributed by atoms with Crippen molar-refractivity contribution in [2.24, 2.45) is 0 Å². The van der Waals surface area contributed by atoms with E-state index in [-0.39, 0.29) is 31.1 Å². The van der Waals surface area contributed by atoms with Gasteiger partial charge in [0.25, 0.3) is 0 Å². The van der Waals surface area contributed by atoms with E-state index in [1.165, 1.54) is 89.9 Å². The molecule has 0 fully saturated rings. The van der Waals surface area contributed by atoms with Crippen LogP contribution in [0.25, 0.3) is 0 Å². The van der Waals surface area contributed by atoms with E-state index in [1.54, 1.807) is 0 Å². The molecule has 0 spiro atoms. The van der Waals surface area contributed by atoms with Crippen LogP contribution in [0.1, 0.15) is 258 Å². The topological polar surface area (TPSA) is 78.9 Å². The Kier molecular flexibility index (Phi) is 51.4. The number of rotatable bonds is 49. The molecule has 378 valence electrons. The number of carbonyl (C=O) groups excluding carboxylic acids is 3. The minimum Gasteiger partial charge on any atom is -0.462 e. The van der Waals surface area contributed by atoms with Crippen molar-refractivity contribution in [1.82, 2.24) is 0 Å². The molecule has 6 heteroatoms. The van der Waals surface area contributed by atoms with E-state index in [9.17, 15) is 14.4 Å². The molecule has 0 radical (unpaired) electrons. The third-order valence-corrected chi connectivity index (χ3v) is 11.6. The van der Waals surface area contributed by atoms with Gasteiger partial charge < -0.3 is 14.2 Å². The summed E-state index contributed by atoms with van der Waals surface area (Å²) in [6.45, 7) is 6.44. The van der Waals surface area contributed by atoms with Crippen LogP contribution in [0.4, 0.5) is 0 Å². The lowest BCUT2D eigenvalue weighted by molar-refractivity contribution is -0.167. The van der Waals surface area contributed by atoms with Gasteiger partial charge in [-0.2, -0.15) is 0 Å². The van der Waals surface area contributed by atoms with Crippen LogP contribution in [0, 0.1) is 0 Å². The summed E-state index contributed by atoms with van der Waals surface area (Å²) in [7, 11) is 0. The second-order valence-corrected chi connectivity index (χ2v) is 18.1. The molecule has 0 N–H and O–H groups in total. The Morgan fingerprint density at radius 3 is 0.970 bits per heavy atom. The summed E-state index contributed by atoms with van der Waals surface area (Å²) < 4.78 is 16.8. The molecule has 0 aliphatic heterocycles. The van der Waals surface area contributed by atoms with Crippen LogP contribution in [0.5, 0.6) is 0 Å². The van der Waals surface area contributed by atoms with Gasteiger partial charge in [-0.05, 0) is 109 Å². The molecule has 0 aromatic heterocycles. The monoisotopic (exact) mass is 919 g/mol. The molecule has 0 saturated carbocycles. The van der Waals surface area contributed by atoms with Gasteiger partial charge >= 0.3 is 17.9 Å². The van der Waals surface area contributed by atoms with E-state index in [0.29, 0.717) is 19.3 Å². The van der Waals surface area contributed by atoms with Crippen molar-refractivity contribution in [1.29, 1.82) is 0 Å². The molecule has 0 saturated heterocycles. The zero-order valence-electron chi connectivity index (χ0n) is 43.2. The molecule has 1 unspecified atom stereocenters. The molecule has 0 rings (SSSR count). The first-order chi connectivity index (χ1) is 32.5. The van der Waals surface area contributed by atoms with Crippen molar-refractivity contribution < 1.29 is 28.6 Å². The average Bonchev–Trinajstić information content (AvgIpc) is 3.31. The molecule has 0 aromatic carbocycles. The molecule has 0 amide bonds. The number of unbranched alkanes of at least 4 members (excludes halogenated alkanes) is 24. The second kappa shape index (κ2) is 54.2. The lowest BCUT2D eigenvalue weighted by atomic mass is 10.1. The Morgan fingerprint density at radius 2 is 0.606 bits per heavy atom. The molecule has 0 aliphatic rings. The predicted octanol–water partition coefficient (Wildman–Crippen LogP) is 18.4. The number of hydrogen-bond donors (Lipinski definition) is 0. The van der Waals surface area contributed by atoms with Crippen LogP contribution in [0.15, 0.2) is 85.1 Å². The van der Waals surface area contributed by atoms with Gasteiger partial charge in [-0.15, -0.1) is 0 Å². The molecule has 0 heterocycles. The summed E-state index contributed by atoms with van der Waals surface area (Å²) >= 11 is 0. The Balaban J connectivity index is 4.41. The Hall–Kier alpha value is -3.41. The summed E-state index contributed by atoms with van der Waals surface area (Å²) in [5.74, 6) is -0.923. The van der Waals surface area contributed by atoms with Crippen molar-refractivity contribution >= 4 is 17.9 Å². The smallest absolute Gasteiger partial charge is 0.306 e. The van der Waals surface area contributed by atoms with Gasteiger partial charge in [0.2, 0.25) is 0 Å². The molecule has 6 nitrogen and oxygen atoms in total. The first-order valence-corrected chi connectivity index (χ1v) is 27.6. The van der Waals surface area contributed by atoms with Crippen LogP contribution in [-0.4, -0.2) is 37.2 Å². The summed E-state index contributed by atoms with van der Waals surface area (Å²) in [5.41, 5.74) is 0. The first-order valence-electron chi connectivity index (χ1n) is 27.6. The number of hydrogen-bond acceptors (Lipinski definition) is 6. The predicted molar refractivity (Wildman–Crippen MR) is 284 cm³/mol. The maximum atomic E-state index is 12.8. The van der Waals surface area contributed by atoms with Gasteiger partial charge in [0, 0.05) is 19.3 Å². The number of esters is 3. The van der Waals surface area contributed by atoms with Crippen LogP contribution in [0.2, 0.25) is 0 Å². The third-order valence-electron chi connectivity index (χ3n) is 11.6. The van der Waals surface area contributed by atoms with Gasteiger partial charge in [0.15, 0.2) is 6.10 Å². The van der Waals surface area contributed by atoms with E-state index in [2.05, 4.69) is 106 Å². The van der Waals surface area contributed by atoms with Crippen molar-refractivity contribution in [3.8, 4) is 0 Å². The minimum absolute atomic E-state index is 0.0907.